The number of rotatable bonds is 7. The summed E-state index contributed by atoms with van der Waals surface area (Å²) < 4.78 is 19.4. The molecule has 0 aliphatic rings. The average molecular weight is 253 g/mol. The third kappa shape index (κ3) is 3.98. The molecule has 3 heteroatoms. The molecule has 0 amide bonds. The normalized spacial score (nSPS) is 14.3. The maximum Gasteiger partial charge on any atom is 0.167 e. The minimum atomic E-state index is -0.253. The molecule has 0 aliphatic heterocycles. The highest BCUT2D eigenvalue weighted by molar-refractivity contribution is 5.30. The molecule has 0 saturated carbocycles. The largest absolute Gasteiger partial charge is 0.489 e. The van der Waals surface area contributed by atoms with E-state index in [9.17, 15) is 4.39 Å². The van der Waals surface area contributed by atoms with Crippen LogP contribution in [-0.2, 0) is 0 Å². The number of likely N-dealkylation sites (N-methyl/N-ethyl adjacent to an activating group) is 1. The topological polar surface area (TPSA) is 21.3 Å². The van der Waals surface area contributed by atoms with Crippen LogP contribution in [0, 0.1) is 18.7 Å². The van der Waals surface area contributed by atoms with E-state index in [0.717, 1.165) is 13.0 Å². The average Bonchev–Trinajstić information content (AvgIpc) is 2.38. The molecule has 1 rings (SSSR count). The van der Waals surface area contributed by atoms with Crippen molar-refractivity contribution in [2.45, 2.75) is 40.2 Å². The molecule has 2 unspecified atom stereocenters. The predicted molar refractivity (Wildman–Crippen MR) is 73.6 cm³/mol. The fourth-order valence-corrected chi connectivity index (χ4v) is 1.88. The van der Waals surface area contributed by atoms with Crippen LogP contribution in [0.15, 0.2) is 18.2 Å². The zero-order chi connectivity index (χ0) is 13.5. The number of nitrogens with one attached hydrogen (secondary N) is 1. The van der Waals surface area contributed by atoms with Crippen LogP contribution in [0.25, 0.3) is 0 Å². The van der Waals surface area contributed by atoms with E-state index >= 15 is 0 Å². The highest BCUT2D eigenvalue weighted by atomic mass is 19.1. The molecule has 2 atom stereocenters. The summed E-state index contributed by atoms with van der Waals surface area (Å²) in [6, 6.07) is 5.51. The van der Waals surface area contributed by atoms with Crippen LogP contribution in [0.1, 0.15) is 32.8 Å². The highest BCUT2D eigenvalue weighted by Gasteiger charge is 2.16. The first-order valence-corrected chi connectivity index (χ1v) is 6.71. The van der Waals surface area contributed by atoms with Gasteiger partial charge in [0.2, 0.25) is 0 Å². The second kappa shape index (κ2) is 7.37. The molecule has 0 fully saturated rings. The van der Waals surface area contributed by atoms with E-state index in [1.54, 1.807) is 19.1 Å². The van der Waals surface area contributed by atoms with Crippen molar-refractivity contribution in [3.05, 3.63) is 29.6 Å². The summed E-state index contributed by atoms with van der Waals surface area (Å²) in [5, 5.41) is 3.39. The zero-order valence-electron chi connectivity index (χ0n) is 11.8. The second-order valence-electron chi connectivity index (χ2n) is 4.75. The Morgan fingerprint density at radius 1 is 1.33 bits per heavy atom. The summed E-state index contributed by atoms with van der Waals surface area (Å²) >= 11 is 0. The van der Waals surface area contributed by atoms with E-state index in [1.165, 1.54) is 0 Å². The number of aryl methyl sites for hydroxylation is 1. The first kappa shape index (κ1) is 15.0. The first-order chi connectivity index (χ1) is 8.60. The predicted octanol–water partition coefficient (Wildman–Crippen LogP) is 3.54. The van der Waals surface area contributed by atoms with Gasteiger partial charge in [-0.25, -0.2) is 4.39 Å². The summed E-state index contributed by atoms with van der Waals surface area (Å²) in [4.78, 5) is 0. The van der Waals surface area contributed by atoms with Gasteiger partial charge in [-0.05, 0) is 31.0 Å². The Bertz CT molecular complexity index is 368. The number of benzene rings is 1. The Balaban J connectivity index is 2.64. The Kier molecular flexibility index (Phi) is 6.13. The molecule has 0 bridgehead atoms. The minimum Gasteiger partial charge on any atom is -0.489 e. The monoisotopic (exact) mass is 253 g/mol. The van der Waals surface area contributed by atoms with Crippen molar-refractivity contribution in [3.63, 3.8) is 0 Å². The second-order valence-corrected chi connectivity index (χ2v) is 4.75. The van der Waals surface area contributed by atoms with Crippen LogP contribution >= 0.6 is 0 Å². The van der Waals surface area contributed by atoms with Crippen molar-refractivity contribution >= 4 is 0 Å². The molecule has 1 N–H and O–H groups in total. The summed E-state index contributed by atoms with van der Waals surface area (Å²) in [7, 11) is 0. The molecule has 0 aliphatic carbocycles. The lowest BCUT2D eigenvalue weighted by Crippen LogP contribution is -2.39. The SMILES string of the molecule is CCNC(COc1cccc(C)c1F)C(C)CC. The van der Waals surface area contributed by atoms with Crippen molar-refractivity contribution in [1.82, 2.24) is 5.32 Å². The van der Waals surface area contributed by atoms with Crippen LogP contribution < -0.4 is 10.1 Å². The standard InChI is InChI=1S/C15H24FNO/c1-5-11(3)13(17-6-2)10-18-14-9-7-8-12(4)15(14)16/h7-9,11,13,17H,5-6,10H2,1-4H3. The maximum absolute atomic E-state index is 13.8. The number of hydrogen-bond acceptors (Lipinski definition) is 2. The summed E-state index contributed by atoms with van der Waals surface area (Å²) in [6.45, 7) is 9.56. The zero-order valence-corrected chi connectivity index (χ0v) is 11.8. The van der Waals surface area contributed by atoms with Gasteiger partial charge in [0.1, 0.15) is 6.61 Å². The molecular formula is C15H24FNO. The molecule has 0 radical (unpaired) electrons. The number of halogens is 1. The van der Waals surface area contributed by atoms with Crippen molar-refractivity contribution < 1.29 is 9.13 Å². The van der Waals surface area contributed by atoms with Gasteiger partial charge in [-0.1, -0.05) is 39.3 Å². The van der Waals surface area contributed by atoms with Gasteiger partial charge in [0.05, 0.1) is 0 Å². The summed E-state index contributed by atoms with van der Waals surface area (Å²) in [5.41, 5.74) is 0.621. The summed E-state index contributed by atoms with van der Waals surface area (Å²) in [6.07, 6.45) is 1.08. The van der Waals surface area contributed by atoms with Gasteiger partial charge in [0.15, 0.2) is 11.6 Å². The smallest absolute Gasteiger partial charge is 0.167 e. The lowest BCUT2D eigenvalue weighted by molar-refractivity contribution is 0.215. The van der Waals surface area contributed by atoms with Crippen LogP contribution in [0.4, 0.5) is 4.39 Å². The van der Waals surface area contributed by atoms with Crippen molar-refractivity contribution in [2.24, 2.45) is 5.92 Å². The van der Waals surface area contributed by atoms with Gasteiger partial charge in [-0.3, -0.25) is 0 Å². The molecule has 1 aromatic carbocycles. The van der Waals surface area contributed by atoms with Crippen LogP contribution in [0.5, 0.6) is 5.75 Å². The van der Waals surface area contributed by atoms with E-state index < -0.39 is 0 Å². The van der Waals surface area contributed by atoms with Crippen LogP contribution in [0.2, 0.25) is 0 Å². The van der Waals surface area contributed by atoms with E-state index in [4.69, 9.17) is 4.74 Å². The van der Waals surface area contributed by atoms with Gasteiger partial charge >= 0.3 is 0 Å². The van der Waals surface area contributed by atoms with Gasteiger partial charge < -0.3 is 10.1 Å². The fraction of sp³-hybridized carbons (Fsp3) is 0.600. The van der Waals surface area contributed by atoms with E-state index in [2.05, 4.69) is 26.1 Å². The third-order valence-corrected chi connectivity index (χ3v) is 3.37. The molecule has 0 saturated heterocycles. The quantitative estimate of drug-likeness (QED) is 0.802. The molecule has 18 heavy (non-hydrogen) atoms. The van der Waals surface area contributed by atoms with Gasteiger partial charge in [0, 0.05) is 6.04 Å². The van der Waals surface area contributed by atoms with Crippen molar-refractivity contribution in [3.8, 4) is 5.75 Å². The lowest BCUT2D eigenvalue weighted by atomic mass is 10.00. The van der Waals surface area contributed by atoms with Crippen LogP contribution in [0.3, 0.4) is 0 Å². The highest BCUT2D eigenvalue weighted by Crippen LogP contribution is 2.20. The minimum absolute atomic E-state index is 0.253. The molecular weight excluding hydrogens is 229 g/mol. The Hall–Kier alpha value is -1.09. The number of hydrogen-bond donors (Lipinski definition) is 1. The Labute approximate surface area is 110 Å². The summed E-state index contributed by atoms with van der Waals surface area (Å²) in [5.74, 6) is 0.607. The molecule has 102 valence electrons. The van der Waals surface area contributed by atoms with Crippen molar-refractivity contribution in [1.29, 1.82) is 0 Å². The third-order valence-electron chi connectivity index (χ3n) is 3.37. The number of ether oxygens (including phenoxy) is 1. The van der Waals surface area contributed by atoms with Gasteiger partial charge in [-0.15, -0.1) is 0 Å². The maximum atomic E-state index is 13.8. The van der Waals surface area contributed by atoms with Gasteiger partial charge in [0.25, 0.3) is 0 Å². The molecule has 1 aromatic rings. The van der Waals surface area contributed by atoms with Crippen LogP contribution in [-0.4, -0.2) is 19.2 Å². The van der Waals surface area contributed by atoms with E-state index in [1.807, 2.05) is 6.07 Å². The van der Waals surface area contributed by atoms with Crippen molar-refractivity contribution in [2.75, 3.05) is 13.2 Å². The fourth-order valence-electron chi connectivity index (χ4n) is 1.88. The Morgan fingerprint density at radius 2 is 2.06 bits per heavy atom. The van der Waals surface area contributed by atoms with E-state index in [0.29, 0.717) is 23.8 Å². The lowest BCUT2D eigenvalue weighted by Gasteiger charge is -2.24. The first-order valence-electron chi connectivity index (χ1n) is 6.71. The molecule has 0 heterocycles. The Morgan fingerprint density at radius 3 is 2.67 bits per heavy atom. The van der Waals surface area contributed by atoms with E-state index in [-0.39, 0.29) is 11.9 Å². The molecule has 0 spiro atoms. The van der Waals surface area contributed by atoms with Gasteiger partial charge in [-0.2, -0.15) is 0 Å². The molecule has 0 aromatic heterocycles. The molecule has 2 nitrogen and oxygen atoms in total.